The molecule has 2 aromatic carbocycles. The normalized spacial score (nSPS) is 11.3. The van der Waals surface area contributed by atoms with E-state index in [-0.39, 0.29) is 6.04 Å². The summed E-state index contributed by atoms with van der Waals surface area (Å²) in [4.78, 5) is 16.3. The van der Waals surface area contributed by atoms with Crippen LogP contribution in [0.15, 0.2) is 67.3 Å². The number of benzene rings is 2. The smallest absolute Gasteiger partial charge is 0.319 e. The second-order valence-electron chi connectivity index (χ2n) is 5.34. The van der Waals surface area contributed by atoms with E-state index in [0.29, 0.717) is 17.8 Å². The summed E-state index contributed by atoms with van der Waals surface area (Å²) in [6.07, 6.45) is 3.05. The van der Waals surface area contributed by atoms with Crippen molar-refractivity contribution in [1.82, 2.24) is 20.1 Å². The molecule has 0 radical (unpaired) electrons. The number of anilines is 1. The Morgan fingerprint density at radius 3 is 2.64 bits per heavy atom. The number of aromatic nitrogens is 3. The SMILES string of the molecule is N#Cc1ccccc1NC(=O)NC(Cn1cncn1)c1ccccc1. The van der Waals surface area contributed by atoms with E-state index in [0.717, 1.165) is 5.56 Å². The number of nitrogens with zero attached hydrogens (tertiary/aromatic N) is 4. The molecule has 0 spiro atoms. The molecule has 0 aliphatic rings. The van der Waals surface area contributed by atoms with Crippen molar-refractivity contribution in [3.05, 3.63) is 78.4 Å². The highest BCUT2D eigenvalue weighted by molar-refractivity contribution is 5.91. The lowest BCUT2D eigenvalue weighted by Crippen LogP contribution is -2.35. The highest BCUT2D eigenvalue weighted by atomic mass is 16.2. The summed E-state index contributed by atoms with van der Waals surface area (Å²) in [5.74, 6) is 0. The molecule has 25 heavy (non-hydrogen) atoms. The van der Waals surface area contributed by atoms with Gasteiger partial charge in [-0.25, -0.2) is 9.78 Å². The maximum Gasteiger partial charge on any atom is 0.319 e. The van der Waals surface area contributed by atoms with Gasteiger partial charge in [-0.3, -0.25) is 4.68 Å². The number of urea groups is 1. The van der Waals surface area contributed by atoms with Gasteiger partial charge < -0.3 is 10.6 Å². The lowest BCUT2D eigenvalue weighted by Gasteiger charge is -2.19. The van der Waals surface area contributed by atoms with Crippen LogP contribution in [0.4, 0.5) is 10.5 Å². The van der Waals surface area contributed by atoms with Gasteiger partial charge in [-0.15, -0.1) is 0 Å². The van der Waals surface area contributed by atoms with E-state index in [2.05, 4.69) is 26.8 Å². The molecule has 0 bridgehead atoms. The number of para-hydroxylation sites is 1. The van der Waals surface area contributed by atoms with Gasteiger partial charge >= 0.3 is 6.03 Å². The van der Waals surface area contributed by atoms with E-state index < -0.39 is 6.03 Å². The number of rotatable bonds is 5. The van der Waals surface area contributed by atoms with Crippen molar-refractivity contribution in [3.63, 3.8) is 0 Å². The lowest BCUT2D eigenvalue weighted by atomic mass is 10.1. The first-order valence-corrected chi connectivity index (χ1v) is 7.70. The zero-order valence-electron chi connectivity index (χ0n) is 13.3. The van der Waals surface area contributed by atoms with Gasteiger partial charge in [-0.2, -0.15) is 10.4 Å². The van der Waals surface area contributed by atoms with Crippen molar-refractivity contribution in [2.45, 2.75) is 12.6 Å². The fourth-order valence-corrected chi connectivity index (χ4v) is 2.44. The number of nitriles is 1. The average molecular weight is 332 g/mol. The standard InChI is InChI=1S/C18H16N6O/c19-10-15-8-4-5-9-16(15)22-18(25)23-17(11-24-13-20-12-21-24)14-6-2-1-3-7-14/h1-9,12-13,17H,11H2,(H2,22,23,25). The molecule has 3 aromatic rings. The van der Waals surface area contributed by atoms with Crippen molar-refractivity contribution in [2.75, 3.05) is 5.32 Å². The van der Waals surface area contributed by atoms with E-state index in [4.69, 9.17) is 5.26 Å². The number of hydrogen-bond donors (Lipinski definition) is 2. The Hall–Kier alpha value is -3.66. The fraction of sp³-hybridized carbons (Fsp3) is 0.111. The first-order chi connectivity index (χ1) is 12.3. The molecule has 2 N–H and O–H groups in total. The molecule has 3 rings (SSSR count). The molecule has 1 heterocycles. The second kappa shape index (κ2) is 7.75. The predicted molar refractivity (Wildman–Crippen MR) is 92.5 cm³/mol. The van der Waals surface area contributed by atoms with Crippen LogP contribution in [0.2, 0.25) is 0 Å². The largest absolute Gasteiger partial charge is 0.329 e. The van der Waals surface area contributed by atoms with E-state index in [1.54, 1.807) is 35.3 Å². The predicted octanol–water partition coefficient (Wildman–Crippen LogP) is 2.71. The molecule has 1 aromatic heterocycles. The van der Waals surface area contributed by atoms with Crippen LogP contribution in [-0.2, 0) is 6.54 Å². The summed E-state index contributed by atoms with van der Waals surface area (Å²) in [5, 5.41) is 18.9. The zero-order valence-corrected chi connectivity index (χ0v) is 13.3. The maximum atomic E-state index is 12.4. The van der Waals surface area contributed by atoms with E-state index >= 15 is 0 Å². The number of hydrogen-bond acceptors (Lipinski definition) is 4. The second-order valence-corrected chi connectivity index (χ2v) is 5.34. The number of carbonyl (C=O) groups excluding carboxylic acids is 1. The Bertz CT molecular complexity index is 870. The van der Waals surface area contributed by atoms with Crippen molar-refractivity contribution < 1.29 is 4.79 Å². The summed E-state index contributed by atoms with van der Waals surface area (Å²) < 4.78 is 1.65. The maximum absolute atomic E-state index is 12.4. The molecule has 0 aliphatic carbocycles. The average Bonchev–Trinajstić information content (AvgIpc) is 3.15. The molecule has 0 aliphatic heterocycles. The summed E-state index contributed by atoms with van der Waals surface area (Å²) in [6, 6.07) is 17.8. The minimum atomic E-state index is -0.392. The van der Waals surface area contributed by atoms with Gasteiger partial charge in [0.1, 0.15) is 18.7 Å². The van der Waals surface area contributed by atoms with Crippen LogP contribution < -0.4 is 10.6 Å². The van der Waals surface area contributed by atoms with Gasteiger partial charge in [0.2, 0.25) is 0 Å². The van der Waals surface area contributed by atoms with Crippen molar-refractivity contribution in [3.8, 4) is 6.07 Å². The summed E-state index contributed by atoms with van der Waals surface area (Å²) >= 11 is 0. The monoisotopic (exact) mass is 332 g/mol. The van der Waals surface area contributed by atoms with Crippen LogP contribution in [0.3, 0.4) is 0 Å². The first-order valence-electron chi connectivity index (χ1n) is 7.70. The molecule has 124 valence electrons. The molecule has 0 fully saturated rings. The van der Waals surface area contributed by atoms with Gasteiger partial charge in [0, 0.05) is 0 Å². The Balaban J connectivity index is 1.75. The van der Waals surface area contributed by atoms with Crippen LogP contribution >= 0.6 is 0 Å². The molecular weight excluding hydrogens is 316 g/mol. The van der Waals surface area contributed by atoms with Crippen LogP contribution in [0, 0.1) is 11.3 Å². The van der Waals surface area contributed by atoms with Gasteiger partial charge in [-0.05, 0) is 17.7 Å². The number of nitrogens with one attached hydrogen (secondary N) is 2. The summed E-state index contributed by atoms with van der Waals surface area (Å²) in [7, 11) is 0. The Labute approximate surface area is 144 Å². The molecular formula is C18H16N6O. The topological polar surface area (TPSA) is 95.6 Å². The third kappa shape index (κ3) is 4.20. The van der Waals surface area contributed by atoms with E-state index in [1.807, 2.05) is 30.3 Å². The Morgan fingerprint density at radius 2 is 1.92 bits per heavy atom. The lowest BCUT2D eigenvalue weighted by molar-refractivity contribution is 0.246. The molecule has 7 heteroatoms. The first kappa shape index (κ1) is 16.2. The minimum Gasteiger partial charge on any atom is -0.329 e. The quantitative estimate of drug-likeness (QED) is 0.751. The fourth-order valence-electron chi connectivity index (χ4n) is 2.44. The molecule has 1 atom stereocenters. The highest BCUT2D eigenvalue weighted by Crippen LogP contribution is 2.17. The molecule has 7 nitrogen and oxygen atoms in total. The number of amides is 2. The van der Waals surface area contributed by atoms with Crippen molar-refractivity contribution >= 4 is 11.7 Å². The Kier molecular flexibility index (Phi) is 5.02. The minimum absolute atomic E-state index is 0.294. The van der Waals surface area contributed by atoms with Crippen LogP contribution in [0.1, 0.15) is 17.2 Å². The van der Waals surface area contributed by atoms with Gasteiger partial charge in [0.25, 0.3) is 0 Å². The van der Waals surface area contributed by atoms with Crippen molar-refractivity contribution in [2.24, 2.45) is 0 Å². The Morgan fingerprint density at radius 1 is 1.16 bits per heavy atom. The number of carbonyl (C=O) groups is 1. The van der Waals surface area contributed by atoms with Crippen LogP contribution in [0.25, 0.3) is 0 Å². The van der Waals surface area contributed by atoms with Crippen LogP contribution in [-0.4, -0.2) is 20.8 Å². The van der Waals surface area contributed by atoms with Crippen molar-refractivity contribution in [1.29, 1.82) is 5.26 Å². The van der Waals surface area contributed by atoms with E-state index in [1.165, 1.54) is 6.33 Å². The van der Waals surface area contributed by atoms with Gasteiger partial charge in [0.15, 0.2) is 0 Å². The summed E-state index contributed by atoms with van der Waals surface area (Å²) in [5.41, 5.74) is 1.82. The third-order valence-electron chi connectivity index (χ3n) is 3.64. The van der Waals surface area contributed by atoms with Gasteiger partial charge in [0.05, 0.1) is 23.8 Å². The van der Waals surface area contributed by atoms with Gasteiger partial charge in [-0.1, -0.05) is 42.5 Å². The summed E-state index contributed by atoms with van der Waals surface area (Å²) in [6.45, 7) is 0.442. The molecule has 0 saturated carbocycles. The third-order valence-corrected chi connectivity index (χ3v) is 3.64. The zero-order chi connectivity index (χ0) is 17.5. The molecule has 2 amide bonds. The molecule has 1 unspecified atom stereocenters. The van der Waals surface area contributed by atoms with Crippen LogP contribution in [0.5, 0.6) is 0 Å². The molecule has 0 saturated heterocycles. The van der Waals surface area contributed by atoms with E-state index in [9.17, 15) is 4.79 Å². The highest BCUT2D eigenvalue weighted by Gasteiger charge is 2.16.